The maximum absolute atomic E-state index is 4.00. The van der Waals surface area contributed by atoms with Crippen LogP contribution in [0.15, 0.2) is 24.3 Å². The van der Waals surface area contributed by atoms with Crippen molar-refractivity contribution in [1.82, 2.24) is 20.0 Å². The molecule has 0 spiro atoms. The Morgan fingerprint density at radius 2 is 2.00 bits per heavy atom. The van der Waals surface area contributed by atoms with Crippen LogP contribution in [0.1, 0.15) is 11.1 Å². The predicted molar refractivity (Wildman–Crippen MR) is 57.8 cm³/mol. The second-order valence-corrected chi connectivity index (χ2v) is 3.75. The van der Waals surface area contributed by atoms with Gasteiger partial charge in [0, 0.05) is 5.39 Å². The third kappa shape index (κ3) is 1.05. The van der Waals surface area contributed by atoms with Gasteiger partial charge in [-0.05, 0) is 41.5 Å². The van der Waals surface area contributed by atoms with Crippen molar-refractivity contribution in [3.05, 3.63) is 35.4 Å². The molecular weight excluding hydrogens is 188 g/mol. The van der Waals surface area contributed by atoms with Gasteiger partial charge in [0.15, 0.2) is 5.65 Å². The fourth-order valence-electron chi connectivity index (χ4n) is 1.97. The van der Waals surface area contributed by atoms with E-state index in [1.54, 1.807) is 4.52 Å². The summed E-state index contributed by atoms with van der Waals surface area (Å²) >= 11 is 0. The summed E-state index contributed by atoms with van der Waals surface area (Å²) in [5.41, 5.74) is 4.29. The van der Waals surface area contributed by atoms with Gasteiger partial charge < -0.3 is 0 Å². The molecule has 2 heterocycles. The van der Waals surface area contributed by atoms with Crippen LogP contribution in [0.5, 0.6) is 0 Å². The monoisotopic (exact) mass is 198 g/mol. The number of fused-ring (bicyclic) bond motifs is 3. The maximum Gasteiger partial charge on any atom is 0.180 e. The van der Waals surface area contributed by atoms with Crippen LogP contribution in [0.2, 0.25) is 0 Å². The highest BCUT2D eigenvalue weighted by Crippen LogP contribution is 2.22. The number of pyridine rings is 1. The number of hydrogen-bond acceptors (Lipinski definition) is 3. The first-order chi connectivity index (χ1) is 7.27. The molecule has 0 amide bonds. The molecule has 4 heteroatoms. The van der Waals surface area contributed by atoms with E-state index in [2.05, 4.69) is 47.6 Å². The van der Waals surface area contributed by atoms with Crippen LogP contribution < -0.4 is 0 Å². The van der Waals surface area contributed by atoms with E-state index in [1.165, 1.54) is 16.5 Å². The minimum atomic E-state index is 0.800. The van der Waals surface area contributed by atoms with Gasteiger partial charge in [-0.15, -0.1) is 5.10 Å². The molecule has 0 saturated heterocycles. The van der Waals surface area contributed by atoms with Crippen molar-refractivity contribution in [2.45, 2.75) is 13.8 Å². The Kier molecular flexibility index (Phi) is 1.54. The highest BCUT2D eigenvalue weighted by molar-refractivity contribution is 5.87. The van der Waals surface area contributed by atoms with Gasteiger partial charge in [0.05, 0.1) is 5.52 Å². The number of benzene rings is 1. The first-order valence-electron chi connectivity index (χ1n) is 4.84. The van der Waals surface area contributed by atoms with Crippen molar-refractivity contribution in [2.75, 3.05) is 0 Å². The van der Waals surface area contributed by atoms with Gasteiger partial charge in [0.1, 0.15) is 0 Å². The molecule has 3 aromatic rings. The lowest BCUT2D eigenvalue weighted by atomic mass is 10.1. The first-order valence-corrected chi connectivity index (χ1v) is 4.84. The lowest BCUT2D eigenvalue weighted by Crippen LogP contribution is -1.95. The van der Waals surface area contributed by atoms with E-state index >= 15 is 0 Å². The molecule has 0 saturated carbocycles. The normalized spacial score (nSPS) is 11.3. The highest BCUT2D eigenvalue weighted by atomic mass is 15.5. The van der Waals surface area contributed by atoms with Crippen molar-refractivity contribution in [3.8, 4) is 0 Å². The number of tetrazole rings is 1. The molecule has 0 aliphatic rings. The van der Waals surface area contributed by atoms with Gasteiger partial charge in [-0.25, -0.2) is 0 Å². The third-order valence-corrected chi connectivity index (χ3v) is 2.71. The predicted octanol–water partition coefficient (Wildman–Crippen LogP) is 1.89. The number of para-hydroxylation sites is 1. The van der Waals surface area contributed by atoms with Crippen molar-refractivity contribution in [3.63, 3.8) is 0 Å². The van der Waals surface area contributed by atoms with Crippen LogP contribution in [0.3, 0.4) is 0 Å². The average molecular weight is 198 g/mol. The highest BCUT2D eigenvalue weighted by Gasteiger charge is 2.07. The van der Waals surface area contributed by atoms with E-state index < -0.39 is 0 Å². The summed E-state index contributed by atoms with van der Waals surface area (Å²) in [6.45, 7) is 4.15. The Morgan fingerprint density at radius 1 is 1.13 bits per heavy atom. The number of nitrogens with zero attached hydrogens (tertiary/aromatic N) is 4. The molecule has 74 valence electrons. The van der Waals surface area contributed by atoms with E-state index in [0.29, 0.717) is 0 Å². The summed E-state index contributed by atoms with van der Waals surface area (Å²) in [4.78, 5) is 0. The average Bonchev–Trinajstić information content (AvgIpc) is 2.66. The van der Waals surface area contributed by atoms with Crippen LogP contribution >= 0.6 is 0 Å². The topological polar surface area (TPSA) is 43.1 Å². The fourth-order valence-corrected chi connectivity index (χ4v) is 1.97. The van der Waals surface area contributed by atoms with Gasteiger partial charge in [-0.1, -0.05) is 18.2 Å². The zero-order chi connectivity index (χ0) is 10.4. The van der Waals surface area contributed by atoms with Crippen LogP contribution in [0.25, 0.3) is 16.6 Å². The molecule has 0 aliphatic carbocycles. The molecule has 0 N–H and O–H groups in total. The van der Waals surface area contributed by atoms with Gasteiger partial charge >= 0.3 is 0 Å². The summed E-state index contributed by atoms with van der Waals surface area (Å²) in [7, 11) is 0. The van der Waals surface area contributed by atoms with Crippen molar-refractivity contribution < 1.29 is 0 Å². The minimum Gasteiger partial charge on any atom is -0.193 e. The third-order valence-electron chi connectivity index (χ3n) is 2.71. The molecule has 2 aromatic heterocycles. The maximum atomic E-state index is 4.00. The largest absolute Gasteiger partial charge is 0.193 e. The molecule has 0 fully saturated rings. The molecule has 4 nitrogen and oxygen atoms in total. The van der Waals surface area contributed by atoms with E-state index in [4.69, 9.17) is 0 Å². The number of aryl methyl sites for hydroxylation is 2. The summed E-state index contributed by atoms with van der Waals surface area (Å²) < 4.78 is 1.79. The molecule has 3 rings (SSSR count). The second kappa shape index (κ2) is 2.76. The summed E-state index contributed by atoms with van der Waals surface area (Å²) in [5.74, 6) is 0. The molecule has 0 aliphatic heterocycles. The first kappa shape index (κ1) is 8.35. The number of rotatable bonds is 0. The van der Waals surface area contributed by atoms with Gasteiger partial charge in [-0.2, -0.15) is 4.52 Å². The second-order valence-electron chi connectivity index (χ2n) is 3.75. The van der Waals surface area contributed by atoms with Crippen molar-refractivity contribution >= 4 is 16.6 Å². The van der Waals surface area contributed by atoms with Gasteiger partial charge in [0.2, 0.25) is 0 Å². The molecule has 0 radical (unpaired) electrons. The Bertz CT molecular complexity index is 654. The zero-order valence-electron chi connectivity index (χ0n) is 8.60. The molecule has 1 aromatic carbocycles. The van der Waals surface area contributed by atoms with Crippen molar-refractivity contribution in [1.29, 1.82) is 0 Å². The quantitative estimate of drug-likeness (QED) is 0.554. The Labute approximate surface area is 86.5 Å². The Morgan fingerprint density at radius 3 is 2.87 bits per heavy atom. The fraction of sp³-hybridized carbons (Fsp3) is 0.182. The van der Waals surface area contributed by atoms with Crippen LogP contribution in [-0.2, 0) is 0 Å². The Balaban J connectivity index is 2.69. The summed E-state index contributed by atoms with van der Waals surface area (Å²) in [6.07, 6.45) is 0. The molecule has 0 unspecified atom stereocenters. The van der Waals surface area contributed by atoms with E-state index in [-0.39, 0.29) is 0 Å². The molecule has 0 atom stereocenters. The van der Waals surface area contributed by atoms with E-state index in [0.717, 1.165) is 11.2 Å². The lowest BCUT2D eigenvalue weighted by molar-refractivity contribution is 0.840. The number of aromatic nitrogens is 4. The van der Waals surface area contributed by atoms with E-state index in [1.807, 2.05) is 6.07 Å². The Hall–Kier alpha value is -1.97. The molecule has 15 heavy (non-hydrogen) atoms. The van der Waals surface area contributed by atoms with Gasteiger partial charge in [0.25, 0.3) is 0 Å². The molecular formula is C11H10N4. The van der Waals surface area contributed by atoms with E-state index in [9.17, 15) is 0 Å². The van der Waals surface area contributed by atoms with Crippen LogP contribution in [-0.4, -0.2) is 20.0 Å². The summed E-state index contributed by atoms with van der Waals surface area (Å²) in [6, 6.07) is 8.23. The summed E-state index contributed by atoms with van der Waals surface area (Å²) in [5, 5.41) is 12.9. The smallest absolute Gasteiger partial charge is 0.180 e. The zero-order valence-corrected chi connectivity index (χ0v) is 8.60. The SMILES string of the molecule is Cc1cc2nnnn2c2c(C)cccc12. The molecule has 0 bridgehead atoms. The lowest BCUT2D eigenvalue weighted by Gasteiger charge is -2.05. The van der Waals surface area contributed by atoms with Crippen LogP contribution in [0.4, 0.5) is 0 Å². The van der Waals surface area contributed by atoms with Crippen LogP contribution in [0, 0.1) is 13.8 Å². The standard InChI is InChI=1S/C11H10N4/c1-7-4-3-5-9-8(2)6-10-12-13-14-15(10)11(7)9/h3-6H,1-2H3. The minimum absolute atomic E-state index is 0.800. The number of hydrogen-bond donors (Lipinski definition) is 0. The van der Waals surface area contributed by atoms with Gasteiger partial charge in [-0.3, -0.25) is 0 Å². The van der Waals surface area contributed by atoms with Crippen molar-refractivity contribution in [2.24, 2.45) is 0 Å².